The number of halogens is 1. The van der Waals surface area contributed by atoms with Crippen LogP contribution in [-0.4, -0.2) is 43.7 Å². The minimum atomic E-state index is -0.398. The van der Waals surface area contributed by atoms with Gasteiger partial charge in [0.1, 0.15) is 17.4 Å². The van der Waals surface area contributed by atoms with E-state index in [9.17, 15) is 4.79 Å². The maximum atomic E-state index is 12.5. The van der Waals surface area contributed by atoms with Gasteiger partial charge in [-0.25, -0.2) is 4.79 Å². The predicted octanol–water partition coefficient (Wildman–Crippen LogP) is 2.57. The molecular weight excluding hydrogens is 304 g/mol. The van der Waals surface area contributed by atoms with Gasteiger partial charge in [-0.2, -0.15) is 0 Å². The molecule has 3 fully saturated rings. The highest BCUT2D eigenvalue weighted by atomic mass is 35.5. The number of rotatable bonds is 3. The van der Waals surface area contributed by atoms with Gasteiger partial charge in [0.05, 0.1) is 17.8 Å². The molecule has 120 valence electrons. The molecule has 1 saturated carbocycles. The lowest BCUT2D eigenvalue weighted by Crippen LogP contribution is -2.55. The molecule has 3 atom stereocenters. The van der Waals surface area contributed by atoms with Gasteiger partial charge >= 0.3 is 5.97 Å². The van der Waals surface area contributed by atoms with Crippen molar-refractivity contribution < 1.29 is 14.3 Å². The van der Waals surface area contributed by atoms with Gasteiger partial charge in [0.25, 0.3) is 0 Å². The number of hydrogen-bond donors (Lipinski definition) is 1. The summed E-state index contributed by atoms with van der Waals surface area (Å²) in [6.07, 6.45) is 3.18. The topological polar surface area (TPSA) is 64.8 Å². The second kappa shape index (κ2) is 5.97. The fourth-order valence-corrected chi connectivity index (χ4v) is 3.80. The molecule has 5 nitrogen and oxygen atoms in total. The fraction of sp³-hybridized carbons (Fsp3) is 0.562. The lowest BCUT2D eigenvalue weighted by atomic mass is 9.78. The normalized spacial score (nSPS) is 27.7. The molecule has 0 amide bonds. The summed E-state index contributed by atoms with van der Waals surface area (Å²) < 4.78 is 11.0. The highest BCUT2D eigenvalue weighted by Gasteiger charge is 2.41. The van der Waals surface area contributed by atoms with Gasteiger partial charge in [-0.1, -0.05) is 11.6 Å². The molecular formula is C16H21ClN2O3. The van der Waals surface area contributed by atoms with Crippen molar-refractivity contribution in [1.82, 2.24) is 4.90 Å². The number of ether oxygens (including phenoxy) is 2. The second-order valence-electron chi connectivity index (χ2n) is 6.20. The average molecular weight is 325 g/mol. The van der Waals surface area contributed by atoms with Crippen molar-refractivity contribution in [3.8, 4) is 5.75 Å². The van der Waals surface area contributed by atoms with Crippen LogP contribution in [0.4, 0.5) is 5.69 Å². The van der Waals surface area contributed by atoms with E-state index in [0.717, 1.165) is 19.4 Å². The molecule has 6 heteroatoms. The Bertz CT molecular complexity index is 593. The number of nitrogen functional groups attached to an aromatic ring is 1. The quantitative estimate of drug-likeness (QED) is 0.684. The van der Waals surface area contributed by atoms with Crippen LogP contribution in [0.2, 0.25) is 5.02 Å². The van der Waals surface area contributed by atoms with Gasteiger partial charge in [0.2, 0.25) is 0 Å². The first-order valence-corrected chi connectivity index (χ1v) is 7.91. The van der Waals surface area contributed by atoms with E-state index in [2.05, 4.69) is 11.9 Å². The Hall–Kier alpha value is -1.46. The Morgan fingerprint density at radius 1 is 1.41 bits per heavy atom. The second-order valence-corrected chi connectivity index (χ2v) is 6.61. The van der Waals surface area contributed by atoms with Crippen LogP contribution in [0.1, 0.15) is 29.6 Å². The van der Waals surface area contributed by atoms with Gasteiger partial charge in [-0.3, -0.25) is 4.90 Å². The average Bonchev–Trinajstić information content (AvgIpc) is 2.49. The number of carbonyl (C=O) groups excluding carboxylic acids is 1. The number of benzene rings is 1. The van der Waals surface area contributed by atoms with Crippen LogP contribution in [0, 0.1) is 5.92 Å². The Morgan fingerprint density at radius 2 is 2.18 bits per heavy atom. The van der Waals surface area contributed by atoms with Crippen LogP contribution in [0.5, 0.6) is 5.75 Å². The maximum absolute atomic E-state index is 12.5. The van der Waals surface area contributed by atoms with Gasteiger partial charge in [-0.15, -0.1) is 0 Å². The molecule has 3 aliphatic rings. The monoisotopic (exact) mass is 324 g/mol. The number of esters is 1. The highest BCUT2D eigenvalue weighted by molar-refractivity contribution is 6.33. The molecule has 4 rings (SSSR count). The zero-order valence-corrected chi connectivity index (χ0v) is 13.6. The number of carbonyl (C=O) groups is 1. The van der Waals surface area contributed by atoms with E-state index in [1.807, 2.05) is 0 Å². The minimum Gasteiger partial charge on any atom is -0.496 e. The van der Waals surface area contributed by atoms with Crippen LogP contribution >= 0.6 is 11.6 Å². The Kier molecular flexibility index (Phi) is 4.19. The summed E-state index contributed by atoms with van der Waals surface area (Å²) in [6.45, 7) is 1.09. The zero-order valence-electron chi connectivity index (χ0n) is 12.8. The maximum Gasteiger partial charge on any atom is 0.342 e. The number of hydrogen-bond acceptors (Lipinski definition) is 5. The SMILES string of the molecule is COc1cc(N)c(Cl)cc1C(=O)O[C@H]1C[C@@H]2CC[C@H]1N(C)C2. The van der Waals surface area contributed by atoms with E-state index in [0.29, 0.717) is 34.0 Å². The number of likely N-dealkylation sites (N-methyl/N-ethyl adjacent to an activating group) is 1. The van der Waals surface area contributed by atoms with Crippen molar-refractivity contribution in [3.05, 3.63) is 22.7 Å². The number of piperidine rings is 2. The van der Waals surface area contributed by atoms with Crippen molar-refractivity contribution in [2.75, 3.05) is 26.4 Å². The Morgan fingerprint density at radius 3 is 2.82 bits per heavy atom. The van der Waals surface area contributed by atoms with Gasteiger partial charge in [0.15, 0.2) is 0 Å². The van der Waals surface area contributed by atoms with Crippen molar-refractivity contribution in [1.29, 1.82) is 0 Å². The Balaban J connectivity index is 1.79. The summed E-state index contributed by atoms with van der Waals surface area (Å²) in [5.74, 6) is 0.607. The summed E-state index contributed by atoms with van der Waals surface area (Å²) in [5, 5.41) is 0.329. The third-order valence-corrected chi connectivity index (χ3v) is 5.10. The van der Waals surface area contributed by atoms with E-state index in [1.54, 1.807) is 6.07 Å². The lowest BCUT2D eigenvalue weighted by Gasteiger charge is -2.47. The molecule has 2 bridgehead atoms. The van der Waals surface area contributed by atoms with Crippen molar-refractivity contribution in [2.24, 2.45) is 5.92 Å². The smallest absolute Gasteiger partial charge is 0.342 e. The fourth-order valence-electron chi connectivity index (χ4n) is 3.63. The van der Waals surface area contributed by atoms with Crippen LogP contribution in [0.15, 0.2) is 12.1 Å². The Labute approximate surface area is 135 Å². The predicted molar refractivity (Wildman–Crippen MR) is 85.4 cm³/mol. The highest BCUT2D eigenvalue weighted by Crippen LogP contribution is 2.37. The molecule has 1 aromatic carbocycles. The van der Waals surface area contributed by atoms with E-state index >= 15 is 0 Å². The number of anilines is 1. The van der Waals surface area contributed by atoms with Gasteiger partial charge < -0.3 is 15.2 Å². The third kappa shape index (κ3) is 2.75. The summed E-state index contributed by atoms with van der Waals surface area (Å²) in [4.78, 5) is 14.8. The first-order valence-electron chi connectivity index (χ1n) is 7.53. The number of nitrogens with zero attached hydrogens (tertiary/aromatic N) is 1. The standard InChI is InChI=1S/C16H21ClN2O3/c1-19-8-9-3-4-13(19)15(5-9)22-16(20)10-6-11(17)12(18)7-14(10)21-2/h6-7,9,13,15H,3-5,8,18H2,1-2H3/t9-,13+,15-/m0/s1. The molecule has 1 aliphatic carbocycles. The molecule has 22 heavy (non-hydrogen) atoms. The summed E-state index contributed by atoms with van der Waals surface area (Å²) in [6, 6.07) is 3.38. The van der Waals surface area contributed by atoms with E-state index < -0.39 is 5.97 Å². The third-order valence-electron chi connectivity index (χ3n) is 4.77. The number of methoxy groups -OCH3 is 1. The summed E-state index contributed by atoms with van der Waals surface area (Å²) in [7, 11) is 3.59. The van der Waals surface area contributed by atoms with E-state index in [4.69, 9.17) is 26.8 Å². The summed E-state index contributed by atoms with van der Waals surface area (Å²) >= 11 is 6.02. The molecule has 2 heterocycles. The van der Waals surface area contributed by atoms with E-state index in [1.165, 1.54) is 19.6 Å². The molecule has 2 saturated heterocycles. The molecule has 0 aromatic heterocycles. The van der Waals surface area contributed by atoms with Gasteiger partial charge in [-0.05, 0) is 38.3 Å². The van der Waals surface area contributed by atoms with Crippen LogP contribution in [-0.2, 0) is 4.74 Å². The number of nitrogens with two attached hydrogens (primary N) is 1. The number of fused-ring (bicyclic) bond motifs is 3. The molecule has 2 N–H and O–H groups in total. The first kappa shape index (κ1) is 15.4. The molecule has 0 unspecified atom stereocenters. The molecule has 1 aromatic rings. The molecule has 0 spiro atoms. The molecule has 2 aliphatic heterocycles. The van der Waals surface area contributed by atoms with Crippen molar-refractivity contribution >= 4 is 23.3 Å². The van der Waals surface area contributed by atoms with Crippen LogP contribution in [0.3, 0.4) is 0 Å². The summed E-state index contributed by atoms with van der Waals surface area (Å²) in [5.41, 5.74) is 6.45. The zero-order chi connectivity index (χ0) is 15.9. The van der Waals surface area contributed by atoms with Crippen molar-refractivity contribution in [3.63, 3.8) is 0 Å². The van der Waals surface area contributed by atoms with Crippen LogP contribution < -0.4 is 10.5 Å². The van der Waals surface area contributed by atoms with Crippen LogP contribution in [0.25, 0.3) is 0 Å². The minimum absolute atomic E-state index is 0.0639. The first-order chi connectivity index (χ1) is 10.5. The lowest BCUT2D eigenvalue weighted by molar-refractivity contribution is -0.0588. The van der Waals surface area contributed by atoms with Crippen molar-refractivity contribution in [2.45, 2.75) is 31.4 Å². The van der Waals surface area contributed by atoms with Gasteiger partial charge in [0, 0.05) is 18.7 Å². The largest absolute Gasteiger partial charge is 0.496 e. The van der Waals surface area contributed by atoms with E-state index in [-0.39, 0.29) is 6.10 Å². The molecule has 0 radical (unpaired) electrons.